The first-order valence-electron chi connectivity index (χ1n) is 11.5. The summed E-state index contributed by atoms with van der Waals surface area (Å²) in [5.74, 6) is -1.16. The average Bonchev–Trinajstić information content (AvgIpc) is 3.40. The predicted molar refractivity (Wildman–Crippen MR) is 134 cm³/mol. The van der Waals surface area contributed by atoms with E-state index in [1.54, 1.807) is 11.3 Å². The molecule has 9 nitrogen and oxygen atoms in total. The normalized spacial score (nSPS) is 18.9. The summed E-state index contributed by atoms with van der Waals surface area (Å²) in [7, 11) is 1.40. The highest BCUT2D eigenvalue weighted by molar-refractivity contribution is 7.13. The van der Waals surface area contributed by atoms with E-state index in [4.69, 9.17) is 4.74 Å². The molecular weight excluding hydrogens is 468 g/mol. The molecule has 1 aliphatic rings. The van der Waals surface area contributed by atoms with Crippen LogP contribution in [-0.2, 0) is 25.7 Å². The van der Waals surface area contributed by atoms with Crippen molar-refractivity contribution >= 4 is 29.1 Å². The zero-order chi connectivity index (χ0) is 25.8. The van der Waals surface area contributed by atoms with Crippen molar-refractivity contribution in [1.82, 2.24) is 20.5 Å². The van der Waals surface area contributed by atoms with Crippen LogP contribution >= 0.6 is 11.3 Å². The van der Waals surface area contributed by atoms with Gasteiger partial charge in [0.2, 0.25) is 17.7 Å². The number of likely N-dealkylation sites (tertiary alicyclic amines) is 1. The Kier molecular flexibility index (Phi) is 8.63. The number of aromatic nitrogens is 1. The number of rotatable bonds is 8. The summed E-state index contributed by atoms with van der Waals surface area (Å²) in [4.78, 5) is 45.4. The molecule has 2 aromatic rings. The number of methoxy groups -OCH3 is 1. The largest absolute Gasteiger partial charge is 0.391 e. The number of nitrogens with one attached hydrogen (secondary N) is 2. The van der Waals surface area contributed by atoms with Crippen molar-refractivity contribution in [2.24, 2.45) is 5.41 Å². The van der Waals surface area contributed by atoms with Gasteiger partial charge in [-0.05, 0) is 23.5 Å². The van der Waals surface area contributed by atoms with Crippen LogP contribution in [0.25, 0.3) is 10.4 Å². The van der Waals surface area contributed by atoms with Gasteiger partial charge in [0, 0.05) is 26.6 Å². The number of nitrogens with zero attached hydrogens (tertiary/aromatic N) is 2. The van der Waals surface area contributed by atoms with Crippen LogP contribution < -0.4 is 10.6 Å². The van der Waals surface area contributed by atoms with Crippen LogP contribution in [0, 0.1) is 12.3 Å². The van der Waals surface area contributed by atoms with Crippen molar-refractivity contribution in [2.75, 3.05) is 20.3 Å². The molecule has 10 heteroatoms. The van der Waals surface area contributed by atoms with Gasteiger partial charge in [0.15, 0.2) is 0 Å². The van der Waals surface area contributed by atoms with Gasteiger partial charge in [0.05, 0.1) is 22.2 Å². The lowest BCUT2D eigenvalue weighted by atomic mass is 9.85. The number of amides is 3. The minimum absolute atomic E-state index is 0.0343. The van der Waals surface area contributed by atoms with E-state index in [1.807, 2.05) is 57.5 Å². The summed E-state index contributed by atoms with van der Waals surface area (Å²) in [5, 5.41) is 15.9. The molecule has 1 aliphatic heterocycles. The maximum absolute atomic E-state index is 13.4. The fourth-order valence-corrected chi connectivity index (χ4v) is 4.93. The molecule has 2 heterocycles. The van der Waals surface area contributed by atoms with Crippen LogP contribution in [-0.4, -0.2) is 71.2 Å². The molecule has 0 spiro atoms. The number of ether oxygens (including phenoxy) is 1. The van der Waals surface area contributed by atoms with Crippen molar-refractivity contribution in [3.05, 3.63) is 41.0 Å². The van der Waals surface area contributed by atoms with Gasteiger partial charge in [-0.2, -0.15) is 0 Å². The van der Waals surface area contributed by atoms with Crippen LogP contribution in [0.4, 0.5) is 0 Å². The van der Waals surface area contributed by atoms with Crippen molar-refractivity contribution < 1.29 is 24.2 Å². The first-order valence-corrected chi connectivity index (χ1v) is 12.4. The second-order valence-corrected chi connectivity index (χ2v) is 10.7. The molecule has 1 aromatic heterocycles. The molecule has 3 rings (SSSR count). The minimum atomic E-state index is -0.867. The maximum Gasteiger partial charge on any atom is 0.246 e. The molecule has 1 saturated heterocycles. The number of β-amino-alcohol motifs (C(OH)–C–C–N with tert-alkyl or cyclic N) is 1. The second-order valence-electron chi connectivity index (χ2n) is 9.88. The highest BCUT2D eigenvalue weighted by atomic mass is 32.1. The Morgan fingerprint density at radius 2 is 1.94 bits per heavy atom. The summed E-state index contributed by atoms with van der Waals surface area (Å²) in [5.41, 5.74) is 4.18. The Bertz CT molecular complexity index is 1050. The Hall–Kier alpha value is -2.82. The molecule has 3 N–H and O–H groups in total. The smallest absolute Gasteiger partial charge is 0.246 e. The number of thiazole rings is 1. The van der Waals surface area contributed by atoms with Crippen LogP contribution in [0.15, 0.2) is 29.8 Å². The lowest BCUT2D eigenvalue weighted by Crippen LogP contribution is -2.58. The Morgan fingerprint density at radius 3 is 2.51 bits per heavy atom. The highest BCUT2D eigenvalue weighted by Gasteiger charge is 2.44. The molecular formula is C25H34N4O5S. The number of carbonyl (C=O) groups is 3. The van der Waals surface area contributed by atoms with Gasteiger partial charge in [-0.3, -0.25) is 14.4 Å². The average molecular weight is 503 g/mol. The zero-order valence-electron chi connectivity index (χ0n) is 20.8. The summed E-state index contributed by atoms with van der Waals surface area (Å²) < 4.78 is 4.86. The number of aliphatic hydroxyl groups is 1. The van der Waals surface area contributed by atoms with E-state index in [1.165, 1.54) is 12.0 Å². The number of carbonyl (C=O) groups excluding carboxylic acids is 3. The first kappa shape index (κ1) is 26.8. The quantitative estimate of drug-likeness (QED) is 0.507. The van der Waals surface area contributed by atoms with E-state index in [0.29, 0.717) is 6.54 Å². The summed E-state index contributed by atoms with van der Waals surface area (Å²) in [6.45, 7) is 7.63. The fraction of sp³-hybridized carbons (Fsp3) is 0.520. The predicted octanol–water partition coefficient (Wildman–Crippen LogP) is 1.87. The number of benzene rings is 1. The van der Waals surface area contributed by atoms with E-state index >= 15 is 0 Å². The Labute approximate surface area is 209 Å². The summed E-state index contributed by atoms with van der Waals surface area (Å²) in [6.07, 6.45) is -0.670. The first-order chi connectivity index (χ1) is 16.5. The standard InChI is InChI=1S/C25H34N4O5S/c1-15-21(35-14-27-15)17-8-6-16(7-9-17)11-26-23(32)19-10-18(30)12-29(19)24(33)22(25(2,3)4)28-20(31)13-34-5/h6-9,14,18-19,22,30H,10-13H2,1-5H3,(H,26,32)(H,28,31)/t18-,19-,22+/m0/s1. The molecule has 1 aromatic carbocycles. The van der Waals surface area contributed by atoms with E-state index in [0.717, 1.165) is 21.7 Å². The van der Waals surface area contributed by atoms with E-state index in [9.17, 15) is 19.5 Å². The monoisotopic (exact) mass is 502 g/mol. The number of hydrogen-bond acceptors (Lipinski definition) is 7. The summed E-state index contributed by atoms with van der Waals surface area (Å²) >= 11 is 1.58. The SMILES string of the molecule is COCC(=O)N[C@H](C(=O)N1C[C@@H](O)C[C@H]1C(=O)NCc1ccc(-c2scnc2C)cc1)C(C)(C)C. The van der Waals surface area contributed by atoms with Crippen LogP contribution in [0.3, 0.4) is 0 Å². The van der Waals surface area contributed by atoms with E-state index in [-0.39, 0.29) is 25.5 Å². The van der Waals surface area contributed by atoms with Crippen LogP contribution in [0.1, 0.15) is 38.4 Å². The van der Waals surface area contributed by atoms with Crippen LogP contribution in [0.5, 0.6) is 0 Å². The molecule has 0 unspecified atom stereocenters. The fourth-order valence-electron chi connectivity index (χ4n) is 4.11. The molecule has 0 aliphatic carbocycles. The van der Waals surface area contributed by atoms with Crippen molar-refractivity contribution in [3.8, 4) is 10.4 Å². The van der Waals surface area contributed by atoms with Gasteiger partial charge in [0.25, 0.3) is 0 Å². The molecule has 0 bridgehead atoms. The molecule has 3 atom stereocenters. The maximum atomic E-state index is 13.4. The van der Waals surface area contributed by atoms with E-state index < -0.39 is 35.4 Å². The Balaban J connectivity index is 1.67. The zero-order valence-corrected chi connectivity index (χ0v) is 21.6. The van der Waals surface area contributed by atoms with Crippen molar-refractivity contribution in [3.63, 3.8) is 0 Å². The molecule has 3 amide bonds. The molecule has 190 valence electrons. The Morgan fingerprint density at radius 1 is 1.26 bits per heavy atom. The third-order valence-corrected chi connectivity index (χ3v) is 6.96. The van der Waals surface area contributed by atoms with E-state index in [2.05, 4.69) is 15.6 Å². The number of hydrogen-bond donors (Lipinski definition) is 3. The molecule has 0 saturated carbocycles. The molecule has 0 radical (unpaired) electrons. The lowest BCUT2D eigenvalue weighted by Gasteiger charge is -2.35. The second kappa shape index (κ2) is 11.3. The van der Waals surface area contributed by atoms with Gasteiger partial charge < -0.3 is 25.4 Å². The number of aliphatic hydroxyl groups excluding tert-OH is 1. The van der Waals surface area contributed by atoms with Gasteiger partial charge in [-0.1, -0.05) is 45.0 Å². The summed E-state index contributed by atoms with van der Waals surface area (Å²) in [6, 6.07) is 6.19. The van der Waals surface area contributed by atoms with Gasteiger partial charge >= 0.3 is 0 Å². The molecule has 35 heavy (non-hydrogen) atoms. The van der Waals surface area contributed by atoms with Gasteiger partial charge in [-0.15, -0.1) is 11.3 Å². The molecule has 1 fully saturated rings. The minimum Gasteiger partial charge on any atom is -0.391 e. The highest BCUT2D eigenvalue weighted by Crippen LogP contribution is 2.28. The van der Waals surface area contributed by atoms with Gasteiger partial charge in [-0.25, -0.2) is 4.98 Å². The topological polar surface area (TPSA) is 121 Å². The third kappa shape index (κ3) is 6.65. The van der Waals surface area contributed by atoms with Crippen molar-refractivity contribution in [2.45, 2.75) is 58.8 Å². The van der Waals surface area contributed by atoms with Gasteiger partial charge in [0.1, 0.15) is 18.7 Å². The number of aryl methyl sites for hydroxylation is 1. The lowest BCUT2D eigenvalue weighted by molar-refractivity contribution is -0.144. The third-order valence-electron chi connectivity index (χ3n) is 5.99. The van der Waals surface area contributed by atoms with Crippen molar-refractivity contribution in [1.29, 1.82) is 0 Å². The van der Waals surface area contributed by atoms with Crippen LogP contribution in [0.2, 0.25) is 0 Å².